The molecule has 1 atom stereocenters. The van der Waals surface area contributed by atoms with Gasteiger partial charge in [-0.05, 0) is 54.7 Å². The molecule has 0 radical (unpaired) electrons. The molecule has 3 aromatic rings. The molecular weight excluding hydrogens is 436 g/mol. The van der Waals surface area contributed by atoms with Crippen molar-refractivity contribution in [2.75, 3.05) is 6.61 Å². The van der Waals surface area contributed by atoms with Crippen LogP contribution in [0.2, 0.25) is 0 Å². The molecule has 1 unspecified atom stereocenters. The summed E-state index contributed by atoms with van der Waals surface area (Å²) in [5.41, 5.74) is 3.37. The highest BCUT2D eigenvalue weighted by Gasteiger charge is 2.33. The van der Waals surface area contributed by atoms with Crippen molar-refractivity contribution in [3.63, 3.8) is 0 Å². The fourth-order valence-corrected chi connectivity index (χ4v) is 4.98. The molecule has 1 N–H and O–H groups in total. The number of carbonyl (C=O) groups is 1. The predicted octanol–water partition coefficient (Wildman–Crippen LogP) is 3.63. The zero-order valence-electron chi connectivity index (χ0n) is 19.0. The van der Waals surface area contributed by atoms with Crippen LogP contribution in [0.15, 0.2) is 69.6 Å². The topological polar surface area (TPSA) is 80.9 Å². The summed E-state index contributed by atoms with van der Waals surface area (Å²) in [5, 5.41) is 9.78. The first-order valence-electron chi connectivity index (χ1n) is 10.9. The molecule has 1 aromatic heterocycles. The van der Waals surface area contributed by atoms with Crippen molar-refractivity contribution in [2.24, 2.45) is 4.99 Å². The number of ether oxygens (including phenoxy) is 1. The zero-order chi connectivity index (χ0) is 23.7. The van der Waals surface area contributed by atoms with E-state index in [0.717, 1.165) is 5.56 Å². The van der Waals surface area contributed by atoms with Crippen molar-refractivity contribution in [3.8, 4) is 5.75 Å². The normalized spacial score (nSPS) is 16.0. The second kappa shape index (κ2) is 9.19. The number of benzene rings is 2. The number of phenols is 1. The van der Waals surface area contributed by atoms with E-state index in [1.807, 2.05) is 30.3 Å². The van der Waals surface area contributed by atoms with Gasteiger partial charge in [0.1, 0.15) is 5.75 Å². The smallest absolute Gasteiger partial charge is 0.338 e. The molecule has 4 rings (SSSR count). The number of fused-ring (bicyclic) bond motifs is 1. The summed E-state index contributed by atoms with van der Waals surface area (Å²) >= 11 is 1.26. The van der Waals surface area contributed by atoms with E-state index in [0.29, 0.717) is 32.1 Å². The van der Waals surface area contributed by atoms with Gasteiger partial charge in [-0.3, -0.25) is 9.36 Å². The van der Waals surface area contributed by atoms with E-state index in [9.17, 15) is 14.7 Å². The Morgan fingerprint density at radius 2 is 1.97 bits per heavy atom. The molecule has 0 bridgehead atoms. The molecule has 170 valence electrons. The molecule has 0 saturated carbocycles. The van der Waals surface area contributed by atoms with Crippen molar-refractivity contribution >= 4 is 23.4 Å². The summed E-state index contributed by atoms with van der Waals surface area (Å²) < 4.78 is 7.38. The Morgan fingerprint density at radius 1 is 1.24 bits per heavy atom. The third-order valence-electron chi connectivity index (χ3n) is 5.60. The third kappa shape index (κ3) is 4.41. The lowest BCUT2D eigenvalue weighted by Crippen LogP contribution is -2.39. The van der Waals surface area contributed by atoms with Gasteiger partial charge in [0.05, 0.1) is 28.5 Å². The lowest BCUT2D eigenvalue weighted by atomic mass is 9.93. The highest BCUT2D eigenvalue weighted by atomic mass is 32.1. The van der Waals surface area contributed by atoms with Crippen LogP contribution in [0.25, 0.3) is 6.08 Å². The van der Waals surface area contributed by atoms with Gasteiger partial charge in [0.25, 0.3) is 5.56 Å². The fraction of sp³-hybridized carbons (Fsp3) is 0.269. The lowest BCUT2D eigenvalue weighted by Gasteiger charge is -2.25. The van der Waals surface area contributed by atoms with Gasteiger partial charge in [-0.25, -0.2) is 9.79 Å². The van der Waals surface area contributed by atoms with Gasteiger partial charge in [0, 0.05) is 0 Å². The molecule has 2 aromatic carbocycles. The van der Waals surface area contributed by atoms with E-state index < -0.39 is 12.0 Å². The van der Waals surface area contributed by atoms with Crippen LogP contribution >= 0.6 is 11.3 Å². The first-order valence-corrected chi connectivity index (χ1v) is 11.7. The number of aromatic hydroxyl groups is 1. The largest absolute Gasteiger partial charge is 0.508 e. The number of carbonyl (C=O) groups excluding carboxylic acids is 1. The van der Waals surface area contributed by atoms with Gasteiger partial charge in [-0.2, -0.15) is 0 Å². The van der Waals surface area contributed by atoms with Crippen LogP contribution in [0.5, 0.6) is 5.75 Å². The molecule has 6 nitrogen and oxygen atoms in total. The van der Waals surface area contributed by atoms with Crippen molar-refractivity contribution in [2.45, 2.75) is 39.7 Å². The molecule has 0 amide bonds. The number of aromatic nitrogens is 1. The molecular formula is C26H26N2O4S. The maximum absolute atomic E-state index is 13.5. The monoisotopic (exact) mass is 462 g/mol. The summed E-state index contributed by atoms with van der Waals surface area (Å²) in [6.07, 6.45) is 1.73. The van der Waals surface area contributed by atoms with Gasteiger partial charge >= 0.3 is 5.97 Å². The van der Waals surface area contributed by atoms with E-state index in [2.05, 4.69) is 18.8 Å². The number of phenolic OH excluding ortho intramolecular Hbond substituents is 1. The third-order valence-corrected chi connectivity index (χ3v) is 6.59. The molecule has 1 aliphatic rings. The zero-order valence-corrected chi connectivity index (χ0v) is 19.8. The number of thiazole rings is 1. The van der Waals surface area contributed by atoms with Gasteiger partial charge in [-0.15, -0.1) is 0 Å². The van der Waals surface area contributed by atoms with Crippen LogP contribution in [0, 0.1) is 0 Å². The van der Waals surface area contributed by atoms with Crippen LogP contribution in [-0.2, 0) is 9.53 Å². The van der Waals surface area contributed by atoms with E-state index in [-0.39, 0.29) is 17.9 Å². The summed E-state index contributed by atoms with van der Waals surface area (Å²) in [5.74, 6) is 0.0177. The number of allylic oxidation sites excluding steroid dienone is 1. The number of rotatable bonds is 5. The van der Waals surface area contributed by atoms with E-state index in [4.69, 9.17) is 4.74 Å². The highest BCUT2D eigenvalue weighted by molar-refractivity contribution is 7.07. The SMILES string of the molecule is CCOC(=O)C1=C(C)N=c2s/c(=C\c3cccc(O)c3)c(=O)n2C1c1ccc(C(C)C)cc1. The molecule has 0 aliphatic carbocycles. The fourth-order valence-electron chi connectivity index (χ4n) is 3.94. The molecule has 7 heteroatoms. The summed E-state index contributed by atoms with van der Waals surface area (Å²) in [7, 11) is 0. The van der Waals surface area contributed by atoms with Crippen LogP contribution < -0.4 is 14.9 Å². The number of hydrogen-bond donors (Lipinski definition) is 1. The molecule has 2 heterocycles. The maximum Gasteiger partial charge on any atom is 0.338 e. The minimum Gasteiger partial charge on any atom is -0.508 e. The quantitative estimate of drug-likeness (QED) is 0.587. The lowest BCUT2D eigenvalue weighted by molar-refractivity contribution is -0.139. The van der Waals surface area contributed by atoms with E-state index in [1.165, 1.54) is 16.9 Å². The molecule has 33 heavy (non-hydrogen) atoms. The number of esters is 1. The van der Waals surface area contributed by atoms with Gasteiger partial charge in [0.2, 0.25) is 0 Å². The number of nitrogens with zero attached hydrogens (tertiary/aromatic N) is 2. The van der Waals surface area contributed by atoms with Gasteiger partial charge < -0.3 is 9.84 Å². The standard InChI is InChI=1S/C26H26N2O4S/c1-5-32-25(31)22-16(4)27-26-28(23(22)19-11-9-18(10-12-19)15(2)3)24(30)21(33-26)14-17-7-6-8-20(29)13-17/h6-15,23,29H,5H2,1-4H3/b21-14-. The van der Waals surface area contributed by atoms with Crippen molar-refractivity contribution in [1.29, 1.82) is 0 Å². The molecule has 1 aliphatic heterocycles. The average molecular weight is 463 g/mol. The van der Waals surface area contributed by atoms with Crippen LogP contribution in [-0.4, -0.2) is 22.2 Å². The highest BCUT2D eigenvalue weighted by Crippen LogP contribution is 2.31. The van der Waals surface area contributed by atoms with Gasteiger partial charge in [-0.1, -0.05) is 61.6 Å². The Labute approximate surface area is 195 Å². The summed E-state index contributed by atoms with van der Waals surface area (Å²) in [6, 6.07) is 14.1. The average Bonchev–Trinajstić information content (AvgIpc) is 3.07. The Morgan fingerprint density at radius 3 is 2.61 bits per heavy atom. The molecule has 0 spiro atoms. The maximum atomic E-state index is 13.5. The van der Waals surface area contributed by atoms with E-state index in [1.54, 1.807) is 42.7 Å². The molecule has 0 fully saturated rings. The minimum absolute atomic E-state index is 0.125. The first-order chi connectivity index (χ1) is 15.8. The van der Waals surface area contributed by atoms with Crippen molar-refractivity contribution < 1.29 is 14.6 Å². The Hall–Kier alpha value is -3.45. The second-order valence-corrected chi connectivity index (χ2v) is 9.23. The second-order valence-electron chi connectivity index (χ2n) is 8.22. The van der Waals surface area contributed by atoms with Crippen molar-refractivity contribution in [1.82, 2.24) is 4.57 Å². The van der Waals surface area contributed by atoms with Crippen molar-refractivity contribution in [3.05, 3.63) is 96.2 Å². The Kier molecular flexibility index (Phi) is 6.33. The van der Waals surface area contributed by atoms with Crippen LogP contribution in [0.1, 0.15) is 56.3 Å². The van der Waals surface area contributed by atoms with Gasteiger partial charge in [0.15, 0.2) is 4.80 Å². The summed E-state index contributed by atoms with van der Waals surface area (Å²) in [6.45, 7) is 8.00. The summed E-state index contributed by atoms with van der Waals surface area (Å²) in [4.78, 5) is 31.6. The Bertz CT molecular complexity index is 1410. The Balaban J connectivity index is 1.94. The predicted molar refractivity (Wildman–Crippen MR) is 129 cm³/mol. The van der Waals surface area contributed by atoms with Crippen LogP contribution in [0.3, 0.4) is 0 Å². The minimum atomic E-state index is -0.632. The first kappa shape index (κ1) is 22.7. The van der Waals surface area contributed by atoms with Crippen LogP contribution in [0.4, 0.5) is 0 Å². The number of hydrogen-bond acceptors (Lipinski definition) is 6. The molecule has 0 saturated heterocycles. The van der Waals surface area contributed by atoms with E-state index >= 15 is 0 Å².